The molecule has 3 rings (SSSR count). The molecule has 0 saturated carbocycles. The lowest BCUT2D eigenvalue weighted by atomic mass is 10.1. The van der Waals surface area contributed by atoms with Gasteiger partial charge in [0.1, 0.15) is 24.1 Å². The van der Waals surface area contributed by atoms with Gasteiger partial charge in [-0.15, -0.1) is 0 Å². The van der Waals surface area contributed by atoms with Gasteiger partial charge in [0.2, 0.25) is 0 Å². The van der Waals surface area contributed by atoms with Gasteiger partial charge in [-0.25, -0.2) is 9.36 Å². The van der Waals surface area contributed by atoms with Gasteiger partial charge < -0.3 is 19.5 Å². The van der Waals surface area contributed by atoms with Crippen LogP contribution in [0.25, 0.3) is 0 Å². The van der Waals surface area contributed by atoms with Crippen LogP contribution in [0.1, 0.15) is 6.23 Å². The summed E-state index contributed by atoms with van der Waals surface area (Å²) in [5.74, 6) is 0.0608. The molecular weight excluding hydrogens is 383 g/mol. The second-order valence-corrected chi connectivity index (χ2v) is 7.03. The molecule has 4 N–H and O–H groups in total. The number of ether oxygens (including phenoxy) is 1. The van der Waals surface area contributed by atoms with Gasteiger partial charge in [-0.3, -0.25) is 23.8 Å². The minimum Gasteiger partial charge on any atom is -0.404 e. The van der Waals surface area contributed by atoms with Crippen molar-refractivity contribution in [1.29, 1.82) is 0 Å². The van der Waals surface area contributed by atoms with Crippen LogP contribution in [0.15, 0.2) is 52.2 Å². The molecule has 5 atom stereocenters. The Morgan fingerprint density at radius 2 is 1.93 bits per heavy atom. The first-order valence-electron chi connectivity index (χ1n) is 7.82. The van der Waals surface area contributed by atoms with Crippen molar-refractivity contribution in [3.8, 4) is 5.75 Å². The van der Waals surface area contributed by atoms with Crippen LogP contribution in [-0.2, 0) is 13.8 Å². The number of phosphoric ester groups is 1. The molecule has 0 amide bonds. The van der Waals surface area contributed by atoms with E-state index in [1.54, 1.807) is 18.2 Å². The zero-order chi connectivity index (χ0) is 19.6. The third kappa shape index (κ3) is 4.35. The highest BCUT2D eigenvalue weighted by Gasteiger charge is 2.49. The molecule has 12 heteroatoms. The lowest BCUT2D eigenvalue weighted by Gasteiger charge is -2.22. The Kier molecular flexibility index (Phi) is 5.61. The van der Waals surface area contributed by atoms with Gasteiger partial charge in [0.25, 0.3) is 5.56 Å². The van der Waals surface area contributed by atoms with E-state index in [0.717, 1.165) is 16.8 Å². The number of aliphatic hydroxyl groups is 2. The molecule has 1 aromatic heterocycles. The molecule has 1 fully saturated rings. The van der Waals surface area contributed by atoms with Gasteiger partial charge in [-0.2, -0.15) is 0 Å². The van der Waals surface area contributed by atoms with Crippen molar-refractivity contribution < 1.29 is 33.5 Å². The van der Waals surface area contributed by atoms with Gasteiger partial charge in [0.05, 0.1) is 6.61 Å². The standard InChI is InChI=1S/C15H17N2O9P/c18-8-10-13(26-27(22,23)25-9-4-2-1-3-5-9)12(20)14(24-10)17-7-6-11(19)16-15(17)21/h1-7,10,12-14,18,20H,8H2,(H,22,23)(H,16,19,21)/t10-,12-,13-,14-/m1/s1. The molecule has 0 aliphatic carbocycles. The molecule has 1 unspecified atom stereocenters. The van der Waals surface area contributed by atoms with E-state index in [1.807, 2.05) is 4.98 Å². The zero-order valence-corrected chi connectivity index (χ0v) is 14.6. The fraction of sp³-hybridized carbons (Fsp3) is 0.333. The molecule has 1 aromatic carbocycles. The van der Waals surface area contributed by atoms with Crippen molar-refractivity contribution in [2.75, 3.05) is 6.61 Å². The normalized spacial score (nSPS) is 27.2. The first kappa shape index (κ1) is 19.5. The van der Waals surface area contributed by atoms with E-state index in [0.29, 0.717) is 0 Å². The largest absolute Gasteiger partial charge is 0.527 e. The average Bonchev–Trinajstić information content (AvgIpc) is 2.91. The molecule has 0 radical (unpaired) electrons. The minimum absolute atomic E-state index is 0.0608. The van der Waals surface area contributed by atoms with Gasteiger partial charge in [0, 0.05) is 12.3 Å². The molecule has 11 nitrogen and oxygen atoms in total. The predicted molar refractivity (Wildman–Crippen MR) is 90.1 cm³/mol. The van der Waals surface area contributed by atoms with Crippen LogP contribution >= 0.6 is 7.82 Å². The summed E-state index contributed by atoms with van der Waals surface area (Å²) in [5, 5.41) is 19.9. The topological polar surface area (TPSA) is 160 Å². The summed E-state index contributed by atoms with van der Waals surface area (Å²) >= 11 is 0. The molecule has 1 saturated heterocycles. The Morgan fingerprint density at radius 3 is 2.56 bits per heavy atom. The van der Waals surface area contributed by atoms with Gasteiger partial charge >= 0.3 is 13.5 Å². The van der Waals surface area contributed by atoms with E-state index in [2.05, 4.69) is 0 Å². The Hall–Kier alpha value is -2.27. The molecule has 0 bridgehead atoms. The van der Waals surface area contributed by atoms with Crippen molar-refractivity contribution >= 4 is 7.82 Å². The monoisotopic (exact) mass is 400 g/mol. The number of aliphatic hydroxyl groups excluding tert-OH is 2. The maximum Gasteiger partial charge on any atom is 0.527 e. The Morgan fingerprint density at radius 1 is 1.22 bits per heavy atom. The fourth-order valence-electron chi connectivity index (χ4n) is 2.64. The summed E-state index contributed by atoms with van der Waals surface area (Å²) in [4.78, 5) is 35.0. The van der Waals surface area contributed by atoms with Crippen molar-refractivity contribution in [3.05, 3.63) is 63.4 Å². The van der Waals surface area contributed by atoms with Crippen LogP contribution in [0.5, 0.6) is 5.75 Å². The van der Waals surface area contributed by atoms with Crippen molar-refractivity contribution in [2.24, 2.45) is 0 Å². The SMILES string of the molecule is O=c1ccn([C@@H]2O[C@H](CO)[C@@H](OP(=O)(O)Oc3ccccc3)[C@H]2O)c(=O)[nH]1. The number of phosphoric acid groups is 1. The quantitative estimate of drug-likeness (QED) is 0.462. The highest BCUT2D eigenvalue weighted by atomic mass is 31.2. The highest BCUT2D eigenvalue weighted by molar-refractivity contribution is 7.47. The Balaban J connectivity index is 1.81. The third-order valence-electron chi connectivity index (χ3n) is 3.83. The van der Waals surface area contributed by atoms with E-state index < -0.39 is 50.2 Å². The van der Waals surface area contributed by atoms with Crippen LogP contribution in [0.4, 0.5) is 0 Å². The first-order chi connectivity index (χ1) is 12.8. The number of aromatic amines is 1. The molecule has 1 aliphatic heterocycles. The minimum atomic E-state index is -4.69. The molecule has 2 heterocycles. The summed E-state index contributed by atoms with van der Waals surface area (Å²) in [6.07, 6.45) is -4.56. The third-order valence-corrected chi connectivity index (χ3v) is 4.78. The summed E-state index contributed by atoms with van der Waals surface area (Å²) in [7, 11) is -4.69. The number of para-hydroxylation sites is 1. The van der Waals surface area contributed by atoms with Crippen molar-refractivity contribution in [2.45, 2.75) is 24.5 Å². The van der Waals surface area contributed by atoms with E-state index >= 15 is 0 Å². The molecular formula is C15H17N2O9P. The van der Waals surface area contributed by atoms with Crippen LogP contribution in [-0.4, -0.2) is 49.6 Å². The number of nitrogens with one attached hydrogen (secondary N) is 1. The molecule has 27 heavy (non-hydrogen) atoms. The maximum absolute atomic E-state index is 12.2. The van der Waals surface area contributed by atoms with E-state index in [9.17, 15) is 29.3 Å². The second kappa shape index (κ2) is 7.77. The van der Waals surface area contributed by atoms with Gasteiger partial charge in [-0.05, 0) is 12.1 Å². The predicted octanol–water partition coefficient (Wildman–Crippen LogP) is -0.648. The van der Waals surface area contributed by atoms with Crippen molar-refractivity contribution in [1.82, 2.24) is 9.55 Å². The lowest BCUT2D eigenvalue weighted by Crippen LogP contribution is -2.38. The summed E-state index contributed by atoms with van der Waals surface area (Å²) in [5.41, 5.74) is -1.51. The summed E-state index contributed by atoms with van der Waals surface area (Å²) in [6.45, 7) is -0.665. The van der Waals surface area contributed by atoms with Crippen LogP contribution in [0.3, 0.4) is 0 Å². The van der Waals surface area contributed by atoms with Crippen LogP contribution in [0, 0.1) is 0 Å². The fourth-order valence-corrected chi connectivity index (χ4v) is 3.64. The summed E-state index contributed by atoms with van der Waals surface area (Å²) in [6, 6.07) is 8.74. The Labute approximate surface area is 152 Å². The highest BCUT2D eigenvalue weighted by Crippen LogP contribution is 2.48. The molecule has 0 spiro atoms. The Bertz CT molecular complexity index is 944. The van der Waals surface area contributed by atoms with E-state index in [-0.39, 0.29) is 5.75 Å². The maximum atomic E-state index is 12.2. The smallest absolute Gasteiger partial charge is 0.404 e. The summed E-state index contributed by atoms with van der Waals surface area (Å²) < 4.78 is 28.4. The second-order valence-electron chi connectivity index (χ2n) is 5.70. The van der Waals surface area contributed by atoms with Crippen molar-refractivity contribution in [3.63, 3.8) is 0 Å². The van der Waals surface area contributed by atoms with Crippen LogP contribution in [0.2, 0.25) is 0 Å². The zero-order valence-electron chi connectivity index (χ0n) is 13.7. The number of H-pyrrole nitrogens is 1. The number of rotatable bonds is 6. The first-order valence-corrected chi connectivity index (χ1v) is 9.32. The molecule has 1 aliphatic rings. The van der Waals surface area contributed by atoms with Gasteiger partial charge in [-0.1, -0.05) is 18.2 Å². The number of hydrogen-bond donors (Lipinski definition) is 4. The lowest BCUT2D eigenvalue weighted by molar-refractivity contribution is -0.0548. The van der Waals surface area contributed by atoms with E-state index in [4.69, 9.17) is 13.8 Å². The number of nitrogens with zero attached hydrogens (tertiary/aromatic N) is 1. The molecule has 146 valence electrons. The number of aromatic nitrogens is 2. The van der Waals surface area contributed by atoms with E-state index in [1.165, 1.54) is 12.1 Å². The van der Waals surface area contributed by atoms with Gasteiger partial charge in [0.15, 0.2) is 6.23 Å². The molecule has 2 aromatic rings. The number of hydrogen-bond acceptors (Lipinski definition) is 8. The average molecular weight is 400 g/mol. The van der Waals surface area contributed by atoms with Crippen LogP contribution < -0.4 is 15.8 Å². The number of benzene rings is 1.